The zero-order valence-corrected chi connectivity index (χ0v) is 16.2. The van der Waals surface area contributed by atoms with Gasteiger partial charge in [-0.15, -0.1) is 0 Å². The van der Waals surface area contributed by atoms with Gasteiger partial charge >= 0.3 is 0 Å². The van der Waals surface area contributed by atoms with Crippen molar-refractivity contribution < 1.29 is 4.79 Å². The van der Waals surface area contributed by atoms with Gasteiger partial charge in [0.2, 0.25) is 5.91 Å². The highest BCUT2D eigenvalue weighted by Crippen LogP contribution is 2.32. The molecule has 0 atom stereocenters. The summed E-state index contributed by atoms with van der Waals surface area (Å²) in [7, 11) is 0. The summed E-state index contributed by atoms with van der Waals surface area (Å²) in [6.07, 6.45) is 0.901. The molecular weight excluding hydrogens is 320 g/mol. The molecule has 2 rings (SSSR count). The first-order valence-corrected chi connectivity index (χ1v) is 8.96. The van der Waals surface area contributed by atoms with E-state index in [1.165, 1.54) is 5.56 Å². The van der Waals surface area contributed by atoms with E-state index >= 15 is 0 Å². The van der Waals surface area contributed by atoms with Gasteiger partial charge in [0.1, 0.15) is 0 Å². The third-order valence-electron chi connectivity index (χ3n) is 4.74. The highest BCUT2D eigenvalue weighted by atomic mass is 16.1. The molecular formula is C23H26N2O. The molecule has 3 heteroatoms. The van der Waals surface area contributed by atoms with Gasteiger partial charge in [-0.2, -0.15) is 5.26 Å². The van der Waals surface area contributed by atoms with Crippen LogP contribution in [0, 0.1) is 25.2 Å². The van der Waals surface area contributed by atoms with Crippen molar-refractivity contribution >= 4 is 11.5 Å². The van der Waals surface area contributed by atoms with Gasteiger partial charge in [0.15, 0.2) is 0 Å². The van der Waals surface area contributed by atoms with Crippen LogP contribution in [0.5, 0.6) is 0 Å². The lowest BCUT2D eigenvalue weighted by Gasteiger charge is -2.16. The lowest BCUT2D eigenvalue weighted by molar-refractivity contribution is -0.117. The lowest BCUT2D eigenvalue weighted by atomic mass is 9.89. The molecule has 26 heavy (non-hydrogen) atoms. The third-order valence-corrected chi connectivity index (χ3v) is 4.74. The minimum absolute atomic E-state index is 0.0528. The summed E-state index contributed by atoms with van der Waals surface area (Å²) in [4.78, 5) is 12.3. The standard InChI is InChI=1S/C23H26N2O/c1-6-11-25-23(26)17(4)16(3)21-12-19(14-24)13-22(18(21)5)20-9-7-15(2)8-10-20/h7-10,12-13H,6,11H2,1-5H3,(H,25,26)/b17-16+. The Labute approximate surface area is 156 Å². The number of aryl methyl sites for hydroxylation is 1. The molecule has 3 nitrogen and oxygen atoms in total. The highest BCUT2D eigenvalue weighted by molar-refractivity contribution is 6.01. The lowest BCUT2D eigenvalue weighted by Crippen LogP contribution is -2.25. The number of hydrogen-bond acceptors (Lipinski definition) is 2. The van der Waals surface area contributed by atoms with Crippen LogP contribution in [0.25, 0.3) is 16.7 Å². The van der Waals surface area contributed by atoms with Crippen molar-refractivity contribution in [2.24, 2.45) is 0 Å². The number of nitrogens with zero attached hydrogens (tertiary/aromatic N) is 1. The van der Waals surface area contributed by atoms with E-state index in [0.29, 0.717) is 17.7 Å². The number of carbonyl (C=O) groups excluding carboxylic acids is 1. The van der Waals surface area contributed by atoms with Crippen molar-refractivity contribution in [3.05, 3.63) is 64.2 Å². The highest BCUT2D eigenvalue weighted by Gasteiger charge is 2.15. The van der Waals surface area contributed by atoms with Crippen LogP contribution in [0.1, 0.15) is 49.4 Å². The van der Waals surface area contributed by atoms with Gasteiger partial charge in [-0.1, -0.05) is 36.8 Å². The largest absolute Gasteiger partial charge is 0.352 e. The van der Waals surface area contributed by atoms with E-state index in [1.54, 1.807) is 0 Å². The normalized spacial score (nSPS) is 11.5. The van der Waals surface area contributed by atoms with Gasteiger partial charge in [-0.3, -0.25) is 4.79 Å². The van der Waals surface area contributed by atoms with E-state index in [0.717, 1.165) is 34.2 Å². The molecule has 0 aliphatic carbocycles. The molecule has 0 fully saturated rings. The average molecular weight is 346 g/mol. The maximum Gasteiger partial charge on any atom is 0.247 e. The van der Waals surface area contributed by atoms with Gasteiger partial charge in [-0.25, -0.2) is 0 Å². The Hall–Kier alpha value is -2.86. The first kappa shape index (κ1) is 19.5. The summed E-state index contributed by atoms with van der Waals surface area (Å²) in [6.45, 7) is 10.6. The molecule has 0 unspecified atom stereocenters. The molecule has 1 N–H and O–H groups in total. The van der Waals surface area contributed by atoms with E-state index in [-0.39, 0.29) is 5.91 Å². The zero-order chi connectivity index (χ0) is 19.3. The Morgan fingerprint density at radius 2 is 1.77 bits per heavy atom. The van der Waals surface area contributed by atoms with E-state index in [1.807, 2.05) is 39.8 Å². The number of hydrogen-bond donors (Lipinski definition) is 1. The quantitative estimate of drug-likeness (QED) is 0.760. The average Bonchev–Trinajstić information content (AvgIpc) is 2.65. The van der Waals surface area contributed by atoms with Crippen LogP contribution in [-0.2, 0) is 4.79 Å². The predicted molar refractivity (Wildman–Crippen MR) is 108 cm³/mol. The number of rotatable bonds is 5. The maximum atomic E-state index is 12.3. The molecule has 0 saturated carbocycles. The molecule has 1 amide bonds. The number of amides is 1. The Kier molecular flexibility index (Phi) is 6.36. The summed E-state index contributed by atoms with van der Waals surface area (Å²) in [6, 6.07) is 14.3. The topological polar surface area (TPSA) is 52.9 Å². The first-order chi connectivity index (χ1) is 12.4. The Bertz CT molecular complexity index is 884. The van der Waals surface area contributed by atoms with Crippen LogP contribution in [0.3, 0.4) is 0 Å². The second-order valence-corrected chi connectivity index (χ2v) is 6.68. The van der Waals surface area contributed by atoms with Crippen molar-refractivity contribution in [3.63, 3.8) is 0 Å². The van der Waals surface area contributed by atoms with Crippen molar-refractivity contribution in [2.45, 2.75) is 41.0 Å². The Balaban J connectivity index is 2.59. The molecule has 0 spiro atoms. The first-order valence-electron chi connectivity index (χ1n) is 8.96. The van der Waals surface area contributed by atoms with Crippen molar-refractivity contribution in [3.8, 4) is 17.2 Å². The summed E-state index contributed by atoms with van der Waals surface area (Å²) in [5, 5.41) is 12.4. The second-order valence-electron chi connectivity index (χ2n) is 6.68. The summed E-state index contributed by atoms with van der Waals surface area (Å²) in [5.41, 5.74) is 7.52. The maximum absolute atomic E-state index is 12.3. The minimum Gasteiger partial charge on any atom is -0.352 e. The summed E-state index contributed by atoms with van der Waals surface area (Å²) < 4.78 is 0. The van der Waals surface area contributed by atoms with Crippen LogP contribution < -0.4 is 5.32 Å². The molecule has 0 heterocycles. The van der Waals surface area contributed by atoms with E-state index in [4.69, 9.17) is 0 Å². The Morgan fingerprint density at radius 3 is 2.35 bits per heavy atom. The molecule has 134 valence electrons. The van der Waals surface area contributed by atoms with E-state index in [9.17, 15) is 10.1 Å². The van der Waals surface area contributed by atoms with E-state index < -0.39 is 0 Å². The van der Waals surface area contributed by atoms with Crippen LogP contribution in [0.15, 0.2) is 42.0 Å². The van der Waals surface area contributed by atoms with Gasteiger partial charge in [-0.05, 0) is 74.1 Å². The number of nitriles is 1. The predicted octanol–water partition coefficient (Wildman–Crippen LogP) is 5.16. The molecule has 2 aromatic rings. The van der Waals surface area contributed by atoms with Crippen molar-refractivity contribution in [2.75, 3.05) is 6.54 Å². The monoisotopic (exact) mass is 346 g/mol. The number of carbonyl (C=O) groups is 1. The molecule has 2 aromatic carbocycles. The van der Waals surface area contributed by atoms with Gasteiger partial charge in [0.25, 0.3) is 0 Å². The van der Waals surface area contributed by atoms with Crippen LogP contribution >= 0.6 is 0 Å². The minimum atomic E-state index is -0.0528. The van der Waals surface area contributed by atoms with Crippen LogP contribution in [-0.4, -0.2) is 12.5 Å². The molecule has 0 aliphatic rings. The summed E-state index contributed by atoms with van der Waals surface area (Å²) in [5.74, 6) is -0.0528. The van der Waals surface area contributed by atoms with Crippen molar-refractivity contribution in [1.29, 1.82) is 5.26 Å². The van der Waals surface area contributed by atoms with Crippen molar-refractivity contribution in [1.82, 2.24) is 5.32 Å². The third kappa shape index (κ3) is 4.21. The Morgan fingerprint density at radius 1 is 1.12 bits per heavy atom. The molecule has 0 radical (unpaired) electrons. The van der Waals surface area contributed by atoms with E-state index in [2.05, 4.69) is 42.6 Å². The number of allylic oxidation sites excluding steroid dienone is 1. The van der Waals surface area contributed by atoms with Crippen LogP contribution in [0.4, 0.5) is 0 Å². The molecule has 0 aromatic heterocycles. The summed E-state index contributed by atoms with van der Waals surface area (Å²) >= 11 is 0. The molecule has 0 bridgehead atoms. The number of nitrogens with one attached hydrogen (secondary N) is 1. The molecule has 0 saturated heterocycles. The van der Waals surface area contributed by atoms with Gasteiger partial charge in [0.05, 0.1) is 11.6 Å². The van der Waals surface area contributed by atoms with Crippen LogP contribution in [0.2, 0.25) is 0 Å². The fourth-order valence-electron chi connectivity index (χ4n) is 2.94. The fourth-order valence-corrected chi connectivity index (χ4v) is 2.94. The number of benzene rings is 2. The molecule has 0 aliphatic heterocycles. The fraction of sp³-hybridized carbons (Fsp3) is 0.304. The SMILES string of the molecule is CCCNC(=O)/C(C)=C(\C)c1cc(C#N)cc(-c2ccc(C)cc2)c1C. The second kappa shape index (κ2) is 8.49. The zero-order valence-electron chi connectivity index (χ0n) is 16.2. The van der Waals surface area contributed by atoms with Gasteiger partial charge < -0.3 is 5.32 Å². The van der Waals surface area contributed by atoms with Gasteiger partial charge in [0, 0.05) is 12.1 Å². The smallest absolute Gasteiger partial charge is 0.247 e.